The maximum absolute atomic E-state index is 11.9. The molecule has 0 aromatic carbocycles. The van der Waals surface area contributed by atoms with Gasteiger partial charge in [-0.2, -0.15) is 5.10 Å². The lowest BCUT2D eigenvalue weighted by Crippen LogP contribution is -2.26. The Hall–Kier alpha value is -2.57. The highest BCUT2D eigenvalue weighted by molar-refractivity contribution is 5.93. The molecule has 0 bridgehead atoms. The first-order chi connectivity index (χ1) is 9.06. The number of aryl methyl sites for hydroxylation is 1. The Balaban J connectivity index is 2.00. The Labute approximate surface area is 109 Å². The summed E-state index contributed by atoms with van der Waals surface area (Å²) in [7, 11) is 1.79. The Bertz CT molecular complexity index is 600. The number of aromatic nitrogens is 3. The first kappa shape index (κ1) is 12.9. The highest BCUT2D eigenvalue weighted by Crippen LogP contribution is 2.03. The van der Waals surface area contributed by atoms with Crippen LogP contribution in [0, 0.1) is 0 Å². The van der Waals surface area contributed by atoms with Crippen molar-refractivity contribution in [1.82, 2.24) is 19.7 Å². The molecule has 0 spiro atoms. The number of hydrogen-bond acceptors (Lipinski definition) is 3. The molecule has 0 atom stereocenters. The number of nitrogens with zero attached hydrogens (tertiary/aromatic N) is 3. The summed E-state index contributed by atoms with van der Waals surface area (Å²) < 4.78 is 3.04. The van der Waals surface area contributed by atoms with E-state index in [0.29, 0.717) is 12.2 Å². The predicted molar refractivity (Wildman–Crippen MR) is 66.4 cm³/mol. The van der Waals surface area contributed by atoms with Gasteiger partial charge in [0.15, 0.2) is 0 Å². The van der Waals surface area contributed by atoms with Crippen LogP contribution in [0.4, 0.5) is 0 Å². The van der Waals surface area contributed by atoms with Crippen molar-refractivity contribution in [3.63, 3.8) is 0 Å². The fourth-order valence-corrected chi connectivity index (χ4v) is 1.74. The minimum absolute atomic E-state index is 0.233. The molecule has 0 aliphatic heterocycles. The summed E-state index contributed by atoms with van der Waals surface area (Å²) in [6.45, 7) is 0.119. The number of carboxylic acids is 1. The molecule has 2 aromatic rings. The number of aliphatic carboxylic acids is 1. The average molecular weight is 262 g/mol. The Kier molecular flexibility index (Phi) is 3.65. The normalized spacial score (nSPS) is 10.4. The Morgan fingerprint density at radius 1 is 1.47 bits per heavy atom. The summed E-state index contributed by atoms with van der Waals surface area (Å²) in [4.78, 5) is 22.6. The van der Waals surface area contributed by atoms with Gasteiger partial charge in [0.05, 0.1) is 6.20 Å². The zero-order chi connectivity index (χ0) is 13.8. The Morgan fingerprint density at radius 2 is 2.26 bits per heavy atom. The van der Waals surface area contributed by atoms with E-state index in [1.54, 1.807) is 42.5 Å². The topological polar surface area (TPSA) is 89.2 Å². The molecule has 2 heterocycles. The molecule has 0 saturated heterocycles. The molecule has 19 heavy (non-hydrogen) atoms. The van der Waals surface area contributed by atoms with Crippen LogP contribution in [-0.2, 0) is 24.9 Å². The van der Waals surface area contributed by atoms with Crippen LogP contribution in [0.3, 0.4) is 0 Å². The van der Waals surface area contributed by atoms with Gasteiger partial charge in [0, 0.05) is 31.5 Å². The van der Waals surface area contributed by atoms with Crippen LogP contribution in [0.15, 0.2) is 30.7 Å². The number of hydrogen-bond donors (Lipinski definition) is 2. The van der Waals surface area contributed by atoms with Crippen molar-refractivity contribution < 1.29 is 14.7 Å². The van der Waals surface area contributed by atoms with E-state index in [2.05, 4.69) is 10.4 Å². The van der Waals surface area contributed by atoms with E-state index >= 15 is 0 Å². The minimum atomic E-state index is -0.988. The van der Waals surface area contributed by atoms with Crippen LogP contribution in [0.5, 0.6) is 0 Å². The number of rotatable bonds is 5. The molecule has 0 unspecified atom stereocenters. The lowest BCUT2D eigenvalue weighted by atomic mass is 10.3. The number of carbonyl (C=O) groups is 2. The predicted octanol–water partition coefficient (Wildman–Crippen LogP) is 0.236. The van der Waals surface area contributed by atoms with E-state index < -0.39 is 5.97 Å². The molecule has 0 fully saturated rings. The molecular formula is C12H14N4O3. The summed E-state index contributed by atoms with van der Waals surface area (Å²) in [5.74, 6) is -1.30. The van der Waals surface area contributed by atoms with Crippen molar-refractivity contribution in [2.45, 2.75) is 13.1 Å². The first-order valence-corrected chi connectivity index (χ1v) is 5.69. The molecule has 0 aliphatic carbocycles. The second kappa shape index (κ2) is 5.38. The van der Waals surface area contributed by atoms with E-state index in [0.717, 1.165) is 5.56 Å². The molecule has 0 aliphatic rings. The van der Waals surface area contributed by atoms with Crippen molar-refractivity contribution >= 4 is 11.9 Å². The summed E-state index contributed by atoms with van der Waals surface area (Å²) in [5.41, 5.74) is 1.21. The van der Waals surface area contributed by atoms with E-state index in [1.165, 1.54) is 4.57 Å². The molecule has 2 aromatic heterocycles. The standard InChI is InChI=1S/C12H14N4O3/c1-15-7-9(6-14-15)5-13-12(19)10-3-2-4-16(10)8-11(17)18/h2-4,6-7H,5,8H2,1H3,(H,13,19)(H,17,18). The molecule has 0 radical (unpaired) electrons. The third-order valence-corrected chi connectivity index (χ3v) is 2.58. The van der Waals surface area contributed by atoms with Crippen LogP contribution >= 0.6 is 0 Å². The first-order valence-electron chi connectivity index (χ1n) is 5.69. The van der Waals surface area contributed by atoms with Crippen molar-refractivity contribution in [3.8, 4) is 0 Å². The van der Waals surface area contributed by atoms with Crippen LogP contribution in [0.1, 0.15) is 16.1 Å². The van der Waals surface area contributed by atoms with E-state index in [9.17, 15) is 9.59 Å². The van der Waals surface area contributed by atoms with Gasteiger partial charge in [-0.25, -0.2) is 0 Å². The van der Waals surface area contributed by atoms with Gasteiger partial charge in [-0.1, -0.05) is 0 Å². The molecule has 0 saturated carbocycles. The molecule has 7 heteroatoms. The van der Waals surface area contributed by atoms with Crippen LogP contribution in [0.2, 0.25) is 0 Å². The maximum Gasteiger partial charge on any atom is 0.323 e. The van der Waals surface area contributed by atoms with Gasteiger partial charge in [-0.3, -0.25) is 14.3 Å². The highest BCUT2D eigenvalue weighted by Gasteiger charge is 2.12. The highest BCUT2D eigenvalue weighted by atomic mass is 16.4. The van der Waals surface area contributed by atoms with E-state index in [-0.39, 0.29) is 12.5 Å². The van der Waals surface area contributed by atoms with Crippen LogP contribution in [0.25, 0.3) is 0 Å². The zero-order valence-corrected chi connectivity index (χ0v) is 10.4. The van der Waals surface area contributed by atoms with Crippen LogP contribution in [-0.4, -0.2) is 31.3 Å². The minimum Gasteiger partial charge on any atom is -0.480 e. The molecular weight excluding hydrogens is 248 g/mol. The fraction of sp³-hybridized carbons (Fsp3) is 0.250. The summed E-state index contributed by atoms with van der Waals surface area (Å²) in [5, 5.41) is 15.5. The number of amides is 1. The van der Waals surface area contributed by atoms with Crippen molar-refractivity contribution in [2.75, 3.05) is 0 Å². The van der Waals surface area contributed by atoms with Gasteiger partial charge in [0.1, 0.15) is 12.2 Å². The molecule has 7 nitrogen and oxygen atoms in total. The summed E-state index contributed by atoms with van der Waals surface area (Å²) >= 11 is 0. The molecule has 2 rings (SSSR count). The quantitative estimate of drug-likeness (QED) is 0.807. The molecule has 100 valence electrons. The third-order valence-electron chi connectivity index (χ3n) is 2.58. The van der Waals surface area contributed by atoms with Gasteiger partial charge in [-0.05, 0) is 12.1 Å². The maximum atomic E-state index is 11.9. The lowest BCUT2D eigenvalue weighted by molar-refractivity contribution is -0.137. The lowest BCUT2D eigenvalue weighted by Gasteiger charge is -2.07. The summed E-state index contributed by atoms with van der Waals surface area (Å²) in [6.07, 6.45) is 5.03. The number of nitrogens with one attached hydrogen (secondary N) is 1. The smallest absolute Gasteiger partial charge is 0.323 e. The zero-order valence-electron chi connectivity index (χ0n) is 10.4. The van der Waals surface area contributed by atoms with Crippen molar-refractivity contribution in [2.24, 2.45) is 7.05 Å². The monoisotopic (exact) mass is 262 g/mol. The largest absolute Gasteiger partial charge is 0.480 e. The van der Waals surface area contributed by atoms with Crippen molar-refractivity contribution in [1.29, 1.82) is 0 Å². The van der Waals surface area contributed by atoms with E-state index in [4.69, 9.17) is 5.11 Å². The fourth-order valence-electron chi connectivity index (χ4n) is 1.74. The average Bonchev–Trinajstić information content (AvgIpc) is 2.94. The van der Waals surface area contributed by atoms with Crippen molar-refractivity contribution in [3.05, 3.63) is 42.0 Å². The SMILES string of the molecule is Cn1cc(CNC(=O)c2cccn2CC(=O)O)cn1. The second-order valence-electron chi connectivity index (χ2n) is 4.12. The summed E-state index contributed by atoms with van der Waals surface area (Å²) in [6, 6.07) is 3.23. The number of carbonyl (C=O) groups excluding carboxylic acids is 1. The van der Waals surface area contributed by atoms with E-state index in [1.807, 2.05) is 0 Å². The van der Waals surface area contributed by atoms with Gasteiger partial charge < -0.3 is 15.0 Å². The van der Waals surface area contributed by atoms with Gasteiger partial charge in [-0.15, -0.1) is 0 Å². The number of carboxylic acid groups (broad SMARTS) is 1. The molecule has 1 amide bonds. The van der Waals surface area contributed by atoms with Gasteiger partial charge in [0.25, 0.3) is 5.91 Å². The second-order valence-corrected chi connectivity index (χ2v) is 4.12. The Morgan fingerprint density at radius 3 is 2.89 bits per heavy atom. The third kappa shape index (κ3) is 3.21. The van der Waals surface area contributed by atoms with Gasteiger partial charge >= 0.3 is 5.97 Å². The van der Waals surface area contributed by atoms with Gasteiger partial charge in [0.2, 0.25) is 0 Å². The van der Waals surface area contributed by atoms with Crippen LogP contribution < -0.4 is 5.32 Å². The molecule has 2 N–H and O–H groups in total.